The van der Waals surface area contributed by atoms with Crippen molar-refractivity contribution in [1.29, 1.82) is 5.26 Å². The second kappa shape index (κ2) is 6.25. The minimum Gasteiger partial charge on any atom is -0.300 e. The average Bonchev–Trinajstić information content (AvgIpc) is 2.63. The fourth-order valence-electron chi connectivity index (χ4n) is 2.72. The van der Waals surface area contributed by atoms with Gasteiger partial charge in [-0.1, -0.05) is 27.7 Å². The zero-order chi connectivity index (χ0) is 12.1. The molecule has 0 amide bonds. The van der Waals surface area contributed by atoms with Crippen molar-refractivity contribution in [3.8, 4) is 6.07 Å². The number of hydrogen-bond acceptors (Lipinski definition) is 2. The molecule has 0 bridgehead atoms. The largest absolute Gasteiger partial charge is 0.300 e. The molecule has 0 saturated heterocycles. The molecule has 0 aromatic carbocycles. The van der Waals surface area contributed by atoms with E-state index >= 15 is 0 Å². The summed E-state index contributed by atoms with van der Waals surface area (Å²) in [4.78, 5) is 2.62. The summed E-state index contributed by atoms with van der Waals surface area (Å²) in [5, 5.41) is 8.96. The molecule has 0 radical (unpaired) electrons. The molecule has 1 aliphatic rings. The normalized spacial score (nSPS) is 25.6. The van der Waals surface area contributed by atoms with E-state index in [-0.39, 0.29) is 0 Å². The molecule has 0 aliphatic heterocycles. The van der Waals surface area contributed by atoms with Crippen LogP contribution in [-0.4, -0.2) is 24.0 Å². The molecule has 16 heavy (non-hydrogen) atoms. The Kier molecular flexibility index (Phi) is 5.28. The molecule has 0 aromatic rings. The first-order valence-corrected chi connectivity index (χ1v) is 6.66. The van der Waals surface area contributed by atoms with E-state index in [1.54, 1.807) is 0 Å². The van der Waals surface area contributed by atoms with Crippen molar-refractivity contribution in [2.45, 2.75) is 53.0 Å². The maximum Gasteiger partial charge on any atom is 0.0656 e. The Hall–Kier alpha value is -0.550. The van der Waals surface area contributed by atoms with Gasteiger partial charge in [0.2, 0.25) is 0 Å². The van der Waals surface area contributed by atoms with Crippen molar-refractivity contribution in [1.82, 2.24) is 4.90 Å². The summed E-state index contributed by atoms with van der Waals surface area (Å²) in [6, 6.07) is 3.09. The molecular weight excluding hydrogens is 196 g/mol. The standard InChI is InChI=1S/C14H26N2/c1-11(2)9-16(10-12(3)4)14-6-5-13(7-14)8-15/h11-14H,5-7,9-10H2,1-4H3. The van der Waals surface area contributed by atoms with Gasteiger partial charge in [0.1, 0.15) is 0 Å². The van der Waals surface area contributed by atoms with Gasteiger partial charge in [0, 0.05) is 25.0 Å². The lowest BCUT2D eigenvalue weighted by atomic mass is 10.1. The molecule has 2 heteroatoms. The zero-order valence-electron chi connectivity index (χ0n) is 11.2. The van der Waals surface area contributed by atoms with Crippen LogP contribution in [0.5, 0.6) is 0 Å². The van der Waals surface area contributed by atoms with Crippen LogP contribution in [0.4, 0.5) is 0 Å². The highest BCUT2D eigenvalue weighted by Gasteiger charge is 2.29. The number of hydrogen-bond donors (Lipinski definition) is 0. The minimum atomic E-state index is 0.312. The number of nitriles is 1. The van der Waals surface area contributed by atoms with Crippen LogP contribution in [-0.2, 0) is 0 Å². The monoisotopic (exact) mass is 222 g/mol. The molecule has 0 N–H and O–H groups in total. The van der Waals surface area contributed by atoms with Crippen LogP contribution in [0, 0.1) is 29.1 Å². The summed E-state index contributed by atoms with van der Waals surface area (Å²) in [5.74, 6) is 1.76. The highest BCUT2D eigenvalue weighted by atomic mass is 15.2. The molecule has 0 spiro atoms. The highest BCUT2D eigenvalue weighted by Crippen LogP contribution is 2.29. The molecule has 0 aromatic heterocycles. The van der Waals surface area contributed by atoms with Gasteiger partial charge in [-0.05, 0) is 31.1 Å². The van der Waals surface area contributed by atoms with Gasteiger partial charge in [0.15, 0.2) is 0 Å². The van der Waals surface area contributed by atoms with E-state index in [1.807, 2.05) is 0 Å². The maximum atomic E-state index is 8.96. The van der Waals surface area contributed by atoms with Crippen LogP contribution in [0.15, 0.2) is 0 Å². The van der Waals surface area contributed by atoms with E-state index in [4.69, 9.17) is 5.26 Å². The summed E-state index contributed by atoms with van der Waals surface area (Å²) < 4.78 is 0. The molecule has 2 unspecified atom stereocenters. The second-order valence-electron chi connectivity index (χ2n) is 6.03. The van der Waals surface area contributed by atoms with Gasteiger partial charge < -0.3 is 0 Å². The number of nitrogens with zero attached hydrogens (tertiary/aromatic N) is 2. The van der Waals surface area contributed by atoms with Gasteiger partial charge in [0.25, 0.3) is 0 Å². The molecule has 2 nitrogen and oxygen atoms in total. The van der Waals surface area contributed by atoms with Gasteiger partial charge in [-0.25, -0.2) is 0 Å². The molecule has 2 atom stereocenters. The van der Waals surface area contributed by atoms with Crippen LogP contribution in [0.3, 0.4) is 0 Å². The maximum absolute atomic E-state index is 8.96. The zero-order valence-corrected chi connectivity index (χ0v) is 11.2. The van der Waals surface area contributed by atoms with Gasteiger partial charge in [-0.15, -0.1) is 0 Å². The lowest BCUT2D eigenvalue weighted by Crippen LogP contribution is -2.39. The summed E-state index contributed by atoms with van der Waals surface area (Å²) >= 11 is 0. The quantitative estimate of drug-likeness (QED) is 0.713. The van der Waals surface area contributed by atoms with Gasteiger partial charge in [0.05, 0.1) is 6.07 Å². The summed E-state index contributed by atoms with van der Waals surface area (Å²) in [6.45, 7) is 11.5. The van der Waals surface area contributed by atoms with Crippen molar-refractivity contribution in [3.63, 3.8) is 0 Å². The predicted octanol–water partition coefficient (Wildman–Crippen LogP) is 3.29. The third-order valence-electron chi connectivity index (χ3n) is 3.30. The van der Waals surface area contributed by atoms with Crippen molar-refractivity contribution in [2.75, 3.05) is 13.1 Å². The van der Waals surface area contributed by atoms with Crippen molar-refractivity contribution in [3.05, 3.63) is 0 Å². The van der Waals surface area contributed by atoms with Crippen LogP contribution in [0.25, 0.3) is 0 Å². The number of rotatable bonds is 5. The lowest BCUT2D eigenvalue weighted by Gasteiger charge is -2.31. The van der Waals surface area contributed by atoms with E-state index in [9.17, 15) is 0 Å². The fraction of sp³-hybridized carbons (Fsp3) is 0.929. The average molecular weight is 222 g/mol. The van der Waals surface area contributed by atoms with Crippen LogP contribution < -0.4 is 0 Å². The molecule has 0 heterocycles. The SMILES string of the molecule is CC(C)CN(CC(C)C)C1CCC(C#N)C1. The highest BCUT2D eigenvalue weighted by molar-refractivity contribution is 4.93. The molecule has 1 fully saturated rings. The van der Waals surface area contributed by atoms with Crippen LogP contribution in [0.2, 0.25) is 0 Å². The lowest BCUT2D eigenvalue weighted by molar-refractivity contribution is 0.156. The Balaban J connectivity index is 2.52. The first-order valence-electron chi connectivity index (χ1n) is 6.66. The minimum absolute atomic E-state index is 0.312. The Morgan fingerprint density at radius 1 is 1.12 bits per heavy atom. The predicted molar refractivity (Wildman–Crippen MR) is 68.0 cm³/mol. The van der Waals surface area contributed by atoms with Gasteiger partial charge in [-0.3, -0.25) is 4.90 Å². The van der Waals surface area contributed by atoms with Crippen LogP contribution >= 0.6 is 0 Å². The van der Waals surface area contributed by atoms with E-state index in [1.165, 1.54) is 19.5 Å². The van der Waals surface area contributed by atoms with E-state index in [0.29, 0.717) is 12.0 Å². The molecule has 92 valence electrons. The van der Waals surface area contributed by atoms with Crippen molar-refractivity contribution < 1.29 is 0 Å². The van der Waals surface area contributed by atoms with E-state index in [0.717, 1.165) is 24.7 Å². The third kappa shape index (κ3) is 4.14. The van der Waals surface area contributed by atoms with Crippen LogP contribution in [0.1, 0.15) is 47.0 Å². The molecule has 1 saturated carbocycles. The smallest absolute Gasteiger partial charge is 0.0656 e. The Morgan fingerprint density at radius 2 is 1.69 bits per heavy atom. The topological polar surface area (TPSA) is 27.0 Å². The first kappa shape index (κ1) is 13.5. The summed E-state index contributed by atoms with van der Waals surface area (Å²) in [5.41, 5.74) is 0. The Bertz CT molecular complexity index is 230. The van der Waals surface area contributed by atoms with E-state index < -0.39 is 0 Å². The first-order chi connectivity index (χ1) is 7.52. The van der Waals surface area contributed by atoms with Crippen molar-refractivity contribution >= 4 is 0 Å². The van der Waals surface area contributed by atoms with Gasteiger partial charge in [-0.2, -0.15) is 5.26 Å². The molecule has 1 rings (SSSR count). The summed E-state index contributed by atoms with van der Waals surface area (Å²) in [6.07, 6.45) is 3.42. The van der Waals surface area contributed by atoms with Gasteiger partial charge >= 0.3 is 0 Å². The third-order valence-corrected chi connectivity index (χ3v) is 3.30. The Morgan fingerprint density at radius 3 is 2.06 bits per heavy atom. The summed E-state index contributed by atoms with van der Waals surface area (Å²) in [7, 11) is 0. The fourth-order valence-corrected chi connectivity index (χ4v) is 2.72. The van der Waals surface area contributed by atoms with E-state index in [2.05, 4.69) is 38.7 Å². The molecular formula is C14H26N2. The Labute approximate surface area is 101 Å². The second-order valence-corrected chi connectivity index (χ2v) is 6.03. The van der Waals surface area contributed by atoms with Crippen molar-refractivity contribution in [2.24, 2.45) is 17.8 Å². The molecule has 1 aliphatic carbocycles.